The molecule has 2 fully saturated rings. The highest BCUT2D eigenvalue weighted by Crippen LogP contribution is 2.22. The first-order valence-electron chi connectivity index (χ1n) is 7.36. The zero-order chi connectivity index (χ0) is 12.1. The van der Waals surface area contributed by atoms with Gasteiger partial charge in [-0.2, -0.15) is 0 Å². The van der Waals surface area contributed by atoms with Gasteiger partial charge in [-0.3, -0.25) is 4.90 Å². The molecule has 1 N–H and O–H groups in total. The maximum absolute atomic E-state index is 4.21. The zero-order valence-electron chi connectivity index (χ0n) is 11.4. The molecule has 0 saturated heterocycles. The van der Waals surface area contributed by atoms with Crippen molar-refractivity contribution in [3.05, 3.63) is 12.2 Å². The topological polar surface area (TPSA) is 15.3 Å². The third-order valence-electron chi connectivity index (χ3n) is 4.14. The van der Waals surface area contributed by atoms with Crippen LogP contribution >= 0.6 is 0 Å². The second-order valence-corrected chi connectivity index (χ2v) is 5.97. The molecule has 0 amide bonds. The van der Waals surface area contributed by atoms with E-state index >= 15 is 0 Å². The van der Waals surface area contributed by atoms with Crippen LogP contribution in [0.4, 0.5) is 0 Å². The molecule has 17 heavy (non-hydrogen) atoms. The van der Waals surface area contributed by atoms with Gasteiger partial charge in [0.1, 0.15) is 0 Å². The summed E-state index contributed by atoms with van der Waals surface area (Å²) in [6.07, 6.45) is 11.2. The molecule has 0 aliphatic heterocycles. The fraction of sp³-hybridized carbons (Fsp3) is 0.867. The molecular weight excluding hydrogens is 208 g/mol. The van der Waals surface area contributed by atoms with Gasteiger partial charge >= 0.3 is 0 Å². The van der Waals surface area contributed by atoms with Gasteiger partial charge in [0, 0.05) is 25.2 Å². The van der Waals surface area contributed by atoms with Crippen molar-refractivity contribution in [3.8, 4) is 0 Å². The Morgan fingerprint density at radius 2 is 1.76 bits per heavy atom. The molecule has 2 aliphatic carbocycles. The van der Waals surface area contributed by atoms with E-state index in [1.165, 1.54) is 56.9 Å². The van der Waals surface area contributed by atoms with E-state index in [-0.39, 0.29) is 0 Å². The third kappa shape index (κ3) is 4.81. The summed E-state index contributed by atoms with van der Waals surface area (Å²) in [4.78, 5) is 2.53. The smallest absolute Gasteiger partial charge is 0.0202 e. The van der Waals surface area contributed by atoms with Crippen LogP contribution in [0.15, 0.2) is 12.2 Å². The first-order valence-corrected chi connectivity index (χ1v) is 7.36. The summed E-state index contributed by atoms with van der Waals surface area (Å²) in [6.45, 7) is 6.30. The second kappa shape index (κ2) is 6.55. The van der Waals surface area contributed by atoms with Gasteiger partial charge in [0.15, 0.2) is 0 Å². The summed E-state index contributed by atoms with van der Waals surface area (Å²) >= 11 is 0. The molecule has 0 aromatic heterocycles. The Hall–Kier alpha value is -0.340. The largest absolute Gasteiger partial charge is 0.310 e. The van der Waals surface area contributed by atoms with E-state index in [9.17, 15) is 0 Å². The molecule has 0 bridgehead atoms. The van der Waals surface area contributed by atoms with Gasteiger partial charge in [0.25, 0.3) is 0 Å². The first-order chi connectivity index (χ1) is 8.25. The molecular formula is C15H28N2. The summed E-state index contributed by atoms with van der Waals surface area (Å²) in [5.74, 6) is 0. The number of hydrogen-bond donors (Lipinski definition) is 1. The van der Waals surface area contributed by atoms with Crippen LogP contribution in [0.3, 0.4) is 0 Å². The second-order valence-electron chi connectivity index (χ2n) is 5.97. The predicted molar refractivity (Wildman–Crippen MR) is 74.3 cm³/mol. The van der Waals surface area contributed by atoms with Crippen LogP contribution in [0.25, 0.3) is 0 Å². The van der Waals surface area contributed by atoms with Crippen molar-refractivity contribution in [2.75, 3.05) is 20.1 Å². The molecule has 0 atom stereocenters. The van der Waals surface area contributed by atoms with Crippen molar-refractivity contribution >= 4 is 0 Å². The highest BCUT2D eigenvalue weighted by molar-refractivity contribution is 5.02. The standard InChI is InChI=1S/C15H28N2/c1-13(11-16-14-9-10-14)12-17(2)15-7-5-3-4-6-8-15/h14-16H,1,3-12H2,2H3. The van der Waals surface area contributed by atoms with Crippen molar-refractivity contribution in [1.82, 2.24) is 10.2 Å². The summed E-state index contributed by atoms with van der Waals surface area (Å²) in [5, 5.41) is 3.55. The minimum absolute atomic E-state index is 0.801. The lowest BCUT2D eigenvalue weighted by molar-refractivity contribution is 0.237. The van der Waals surface area contributed by atoms with Gasteiger partial charge in [-0.05, 0) is 38.3 Å². The normalized spacial score (nSPS) is 22.7. The molecule has 98 valence electrons. The predicted octanol–water partition coefficient (Wildman–Crippen LogP) is 2.95. The van der Waals surface area contributed by atoms with Crippen LogP contribution < -0.4 is 5.32 Å². The molecule has 2 heteroatoms. The van der Waals surface area contributed by atoms with Gasteiger partial charge in [-0.15, -0.1) is 0 Å². The molecule has 0 aromatic rings. The van der Waals surface area contributed by atoms with Crippen molar-refractivity contribution in [1.29, 1.82) is 0 Å². The Labute approximate surface area is 106 Å². The highest BCUT2D eigenvalue weighted by atomic mass is 15.1. The van der Waals surface area contributed by atoms with E-state index in [2.05, 4.69) is 23.8 Å². The number of nitrogens with one attached hydrogen (secondary N) is 1. The third-order valence-corrected chi connectivity index (χ3v) is 4.14. The lowest BCUT2D eigenvalue weighted by atomic mass is 10.1. The van der Waals surface area contributed by atoms with Crippen molar-refractivity contribution in [2.45, 2.75) is 63.5 Å². The average Bonchev–Trinajstić information content (AvgIpc) is 3.13. The maximum atomic E-state index is 4.21. The zero-order valence-corrected chi connectivity index (χ0v) is 11.4. The summed E-state index contributed by atoms with van der Waals surface area (Å²) < 4.78 is 0. The molecule has 0 unspecified atom stereocenters. The molecule has 2 aliphatic rings. The van der Waals surface area contributed by atoms with Crippen LogP contribution in [0, 0.1) is 0 Å². The Kier molecular flexibility index (Phi) is 5.05. The molecule has 0 aromatic carbocycles. The molecule has 2 rings (SSSR count). The Bertz CT molecular complexity index is 237. The quantitative estimate of drug-likeness (QED) is 0.563. The highest BCUT2D eigenvalue weighted by Gasteiger charge is 2.21. The van der Waals surface area contributed by atoms with Gasteiger partial charge in [-0.1, -0.05) is 32.3 Å². The lowest BCUT2D eigenvalue weighted by Gasteiger charge is -2.27. The summed E-state index contributed by atoms with van der Waals surface area (Å²) in [7, 11) is 2.28. The number of nitrogens with zero attached hydrogens (tertiary/aromatic N) is 1. The fourth-order valence-corrected chi connectivity index (χ4v) is 2.81. The number of likely N-dealkylation sites (N-methyl/N-ethyl adjacent to an activating group) is 1. The fourth-order valence-electron chi connectivity index (χ4n) is 2.81. The number of rotatable bonds is 6. The summed E-state index contributed by atoms with van der Waals surface area (Å²) in [5.41, 5.74) is 1.35. The first kappa shape index (κ1) is 13.1. The van der Waals surface area contributed by atoms with E-state index in [1.54, 1.807) is 0 Å². The minimum atomic E-state index is 0.801. The van der Waals surface area contributed by atoms with Gasteiger partial charge in [-0.25, -0.2) is 0 Å². The Morgan fingerprint density at radius 3 is 2.35 bits per heavy atom. The van der Waals surface area contributed by atoms with Crippen LogP contribution in [0.1, 0.15) is 51.4 Å². The van der Waals surface area contributed by atoms with E-state index in [0.29, 0.717) is 0 Å². The maximum Gasteiger partial charge on any atom is 0.0202 e. The SMILES string of the molecule is C=C(CNC1CC1)CN(C)C1CCCCCC1. The van der Waals surface area contributed by atoms with Gasteiger partial charge in [0.2, 0.25) is 0 Å². The van der Waals surface area contributed by atoms with E-state index in [4.69, 9.17) is 0 Å². The average molecular weight is 236 g/mol. The molecule has 0 spiro atoms. The molecule has 0 radical (unpaired) electrons. The lowest BCUT2D eigenvalue weighted by Crippen LogP contribution is -2.34. The monoisotopic (exact) mass is 236 g/mol. The molecule has 2 saturated carbocycles. The van der Waals surface area contributed by atoms with E-state index in [1.807, 2.05) is 0 Å². The van der Waals surface area contributed by atoms with Gasteiger partial charge in [0.05, 0.1) is 0 Å². The van der Waals surface area contributed by atoms with Crippen molar-refractivity contribution < 1.29 is 0 Å². The Balaban J connectivity index is 1.66. The van der Waals surface area contributed by atoms with Crippen LogP contribution in [0.5, 0.6) is 0 Å². The molecule has 0 heterocycles. The van der Waals surface area contributed by atoms with E-state index < -0.39 is 0 Å². The Morgan fingerprint density at radius 1 is 1.12 bits per heavy atom. The van der Waals surface area contributed by atoms with E-state index in [0.717, 1.165) is 25.2 Å². The van der Waals surface area contributed by atoms with Crippen molar-refractivity contribution in [2.24, 2.45) is 0 Å². The van der Waals surface area contributed by atoms with Gasteiger partial charge < -0.3 is 5.32 Å². The van der Waals surface area contributed by atoms with Crippen molar-refractivity contribution in [3.63, 3.8) is 0 Å². The summed E-state index contributed by atoms with van der Waals surface area (Å²) in [6, 6.07) is 1.60. The minimum Gasteiger partial charge on any atom is -0.310 e. The van der Waals surface area contributed by atoms with Crippen LogP contribution in [-0.2, 0) is 0 Å². The van der Waals surface area contributed by atoms with Crippen LogP contribution in [-0.4, -0.2) is 37.1 Å². The van der Waals surface area contributed by atoms with Crippen LogP contribution in [0.2, 0.25) is 0 Å². The molecule has 2 nitrogen and oxygen atoms in total. The number of hydrogen-bond acceptors (Lipinski definition) is 2.